The van der Waals surface area contributed by atoms with Crippen molar-refractivity contribution >= 4 is 15.7 Å². The van der Waals surface area contributed by atoms with Crippen molar-refractivity contribution in [3.8, 4) is 0 Å². The standard InChI is InChI=1S/C12H24N2O3S/c1-9(2)18(16,17)8-12(15)14-7-11-10(3)5-4-6-13-11/h9-11,13H,4-8H2,1-3H3,(H,14,15)/t10-,11+/m0/s1. The number of nitrogens with one attached hydrogen (secondary N) is 2. The molecule has 18 heavy (non-hydrogen) atoms. The first-order valence-corrected chi connectivity index (χ1v) is 8.26. The van der Waals surface area contributed by atoms with Crippen LogP contribution in [0, 0.1) is 5.92 Å². The smallest absolute Gasteiger partial charge is 0.235 e. The quantitative estimate of drug-likeness (QED) is 0.758. The third-order valence-corrected chi connectivity index (χ3v) is 5.60. The molecule has 0 aliphatic carbocycles. The van der Waals surface area contributed by atoms with Gasteiger partial charge in [-0.3, -0.25) is 4.79 Å². The molecule has 106 valence electrons. The van der Waals surface area contributed by atoms with Crippen molar-refractivity contribution in [3.63, 3.8) is 0 Å². The van der Waals surface area contributed by atoms with Crippen molar-refractivity contribution in [2.24, 2.45) is 5.92 Å². The number of amides is 1. The molecular weight excluding hydrogens is 252 g/mol. The molecule has 0 radical (unpaired) electrons. The second-order valence-electron chi connectivity index (χ2n) is 5.34. The lowest BCUT2D eigenvalue weighted by atomic mass is 9.93. The zero-order valence-electron chi connectivity index (χ0n) is 11.4. The molecule has 1 aliphatic rings. The van der Waals surface area contributed by atoms with E-state index in [0.717, 1.165) is 19.4 Å². The molecule has 2 N–H and O–H groups in total. The Kier molecular flexibility index (Phi) is 5.59. The van der Waals surface area contributed by atoms with E-state index < -0.39 is 26.7 Å². The lowest BCUT2D eigenvalue weighted by Crippen LogP contribution is -2.48. The predicted octanol–water partition coefficient (Wildman–Crippen LogP) is 0.314. The van der Waals surface area contributed by atoms with Gasteiger partial charge in [0, 0.05) is 12.6 Å². The summed E-state index contributed by atoms with van der Waals surface area (Å²) in [6.07, 6.45) is 2.31. The summed E-state index contributed by atoms with van der Waals surface area (Å²) in [7, 11) is -3.30. The largest absolute Gasteiger partial charge is 0.354 e. The number of sulfone groups is 1. The van der Waals surface area contributed by atoms with E-state index in [2.05, 4.69) is 17.6 Å². The molecule has 0 bridgehead atoms. The summed E-state index contributed by atoms with van der Waals surface area (Å²) in [4.78, 5) is 11.6. The highest BCUT2D eigenvalue weighted by atomic mass is 32.2. The lowest BCUT2D eigenvalue weighted by molar-refractivity contribution is -0.118. The maximum Gasteiger partial charge on any atom is 0.235 e. The Hall–Kier alpha value is -0.620. The van der Waals surface area contributed by atoms with Gasteiger partial charge in [0.25, 0.3) is 0 Å². The van der Waals surface area contributed by atoms with Gasteiger partial charge in [-0.1, -0.05) is 6.92 Å². The van der Waals surface area contributed by atoms with Crippen LogP contribution in [-0.2, 0) is 14.6 Å². The third kappa shape index (κ3) is 4.57. The Labute approximate surface area is 110 Å². The Morgan fingerprint density at radius 2 is 2.11 bits per heavy atom. The van der Waals surface area contributed by atoms with Crippen molar-refractivity contribution in [2.45, 2.75) is 44.9 Å². The Morgan fingerprint density at radius 3 is 2.67 bits per heavy atom. The molecule has 0 aromatic carbocycles. The molecule has 0 saturated carbocycles. The van der Waals surface area contributed by atoms with Crippen LogP contribution in [0.4, 0.5) is 0 Å². The fourth-order valence-corrected chi connectivity index (χ4v) is 2.81. The highest BCUT2D eigenvalue weighted by Gasteiger charge is 2.23. The van der Waals surface area contributed by atoms with E-state index in [1.807, 2.05) is 0 Å². The topological polar surface area (TPSA) is 75.3 Å². The summed E-state index contributed by atoms with van der Waals surface area (Å²) in [5.74, 6) is -0.296. The minimum absolute atomic E-state index is 0.254. The van der Waals surface area contributed by atoms with Gasteiger partial charge < -0.3 is 10.6 Å². The lowest BCUT2D eigenvalue weighted by Gasteiger charge is -2.30. The molecule has 1 heterocycles. The summed E-state index contributed by atoms with van der Waals surface area (Å²) in [6.45, 7) is 6.80. The molecule has 0 aromatic heterocycles. The molecule has 0 spiro atoms. The van der Waals surface area contributed by atoms with Crippen molar-refractivity contribution in [3.05, 3.63) is 0 Å². The number of hydrogen-bond acceptors (Lipinski definition) is 4. The van der Waals surface area contributed by atoms with Crippen LogP contribution >= 0.6 is 0 Å². The monoisotopic (exact) mass is 276 g/mol. The molecule has 6 heteroatoms. The molecule has 0 aromatic rings. The van der Waals surface area contributed by atoms with Crippen LogP contribution < -0.4 is 10.6 Å². The average Bonchev–Trinajstić information content (AvgIpc) is 2.27. The van der Waals surface area contributed by atoms with Crippen LogP contribution in [0.5, 0.6) is 0 Å². The fraction of sp³-hybridized carbons (Fsp3) is 0.917. The number of carbonyl (C=O) groups excluding carboxylic acids is 1. The van der Waals surface area contributed by atoms with E-state index in [1.165, 1.54) is 0 Å². The predicted molar refractivity (Wildman–Crippen MR) is 72.1 cm³/mol. The maximum atomic E-state index is 11.6. The first-order valence-electron chi connectivity index (χ1n) is 6.54. The van der Waals surface area contributed by atoms with Crippen LogP contribution in [0.1, 0.15) is 33.6 Å². The number of piperidine rings is 1. The average molecular weight is 276 g/mol. The van der Waals surface area contributed by atoms with Crippen LogP contribution in [-0.4, -0.2) is 44.5 Å². The first kappa shape index (κ1) is 15.4. The van der Waals surface area contributed by atoms with E-state index >= 15 is 0 Å². The van der Waals surface area contributed by atoms with E-state index in [-0.39, 0.29) is 6.04 Å². The fourth-order valence-electron chi connectivity index (χ4n) is 2.01. The third-order valence-electron chi connectivity index (χ3n) is 3.50. The maximum absolute atomic E-state index is 11.6. The van der Waals surface area contributed by atoms with Crippen molar-refractivity contribution < 1.29 is 13.2 Å². The van der Waals surface area contributed by atoms with Gasteiger partial charge in [0.05, 0.1) is 5.25 Å². The first-order chi connectivity index (χ1) is 8.33. The van der Waals surface area contributed by atoms with Gasteiger partial charge in [-0.15, -0.1) is 0 Å². The zero-order valence-corrected chi connectivity index (χ0v) is 12.2. The van der Waals surface area contributed by atoms with Crippen LogP contribution in [0.2, 0.25) is 0 Å². The second kappa shape index (κ2) is 6.52. The SMILES string of the molecule is CC(C)S(=O)(=O)CC(=O)NC[C@H]1NCCC[C@@H]1C. The summed E-state index contributed by atoms with van der Waals surface area (Å²) < 4.78 is 23.2. The van der Waals surface area contributed by atoms with Gasteiger partial charge in [0.15, 0.2) is 9.84 Å². The summed E-state index contributed by atoms with van der Waals surface area (Å²) in [5.41, 5.74) is 0. The molecule has 1 rings (SSSR count). The number of carbonyl (C=O) groups is 1. The van der Waals surface area contributed by atoms with Gasteiger partial charge in [0.2, 0.25) is 5.91 Å². The molecule has 1 aliphatic heterocycles. The number of hydrogen-bond donors (Lipinski definition) is 2. The normalized spacial score (nSPS) is 25.1. The van der Waals surface area contributed by atoms with Crippen molar-refractivity contribution in [1.29, 1.82) is 0 Å². The highest BCUT2D eigenvalue weighted by molar-refractivity contribution is 7.92. The minimum atomic E-state index is -3.30. The van der Waals surface area contributed by atoms with Gasteiger partial charge in [0.1, 0.15) is 5.75 Å². The molecule has 5 nitrogen and oxygen atoms in total. The van der Waals surface area contributed by atoms with Crippen molar-refractivity contribution in [2.75, 3.05) is 18.8 Å². The van der Waals surface area contributed by atoms with E-state index in [4.69, 9.17) is 0 Å². The zero-order chi connectivity index (χ0) is 13.8. The molecular formula is C12H24N2O3S. The second-order valence-corrected chi connectivity index (χ2v) is 7.90. The molecule has 1 saturated heterocycles. The van der Waals surface area contributed by atoms with E-state index in [1.54, 1.807) is 13.8 Å². The minimum Gasteiger partial charge on any atom is -0.354 e. The van der Waals surface area contributed by atoms with Crippen molar-refractivity contribution in [1.82, 2.24) is 10.6 Å². The van der Waals surface area contributed by atoms with Crippen LogP contribution in [0.25, 0.3) is 0 Å². The highest BCUT2D eigenvalue weighted by Crippen LogP contribution is 2.14. The Bertz CT molecular complexity index is 379. The Balaban J connectivity index is 2.37. The molecule has 1 fully saturated rings. The summed E-state index contributed by atoms with van der Waals surface area (Å²) >= 11 is 0. The van der Waals surface area contributed by atoms with E-state index in [9.17, 15) is 13.2 Å². The summed E-state index contributed by atoms with van der Waals surface area (Å²) in [5, 5.41) is 5.55. The van der Waals surface area contributed by atoms with Gasteiger partial charge >= 0.3 is 0 Å². The molecule has 1 amide bonds. The van der Waals surface area contributed by atoms with Gasteiger partial charge in [-0.05, 0) is 39.2 Å². The summed E-state index contributed by atoms with van der Waals surface area (Å²) in [6, 6.07) is 0.254. The molecule has 0 unspecified atom stereocenters. The van der Waals surface area contributed by atoms with Gasteiger partial charge in [-0.25, -0.2) is 8.42 Å². The number of rotatable bonds is 5. The molecule has 2 atom stereocenters. The van der Waals surface area contributed by atoms with E-state index in [0.29, 0.717) is 12.5 Å². The Morgan fingerprint density at radius 1 is 1.44 bits per heavy atom. The van der Waals surface area contributed by atoms with Gasteiger partial charge in [-0.2, -0.15) is 0 Å². The van der Waals surface area contributed by atoms with Crippen LogP contribution in [0.3, 0.4) is 0 Å². The van der Waals surface area contributed by atoms with Crippen LogP contribution in [0.15, 0.2) is 0 Å².